The summed E-state index contributed by atoms with van der Waals surface area (Å²) in [7, 11) is -12.5. The molecule has 0 bridgehead atoms. The van der Waals surface area contributed by atoms with Crippen LogP contribution in [0.2, 0.25) is 0 Å². The zero-order valence-electron chi connectivity index (χ0n) is 7.21. The Balaban J connectivity index is -0.0000000369. The molecular formula is H10CaO12Si4. The van der Waals surface area contributed by atoms with Gasteiger partial charge in [0.2, 0.25) is 0 Å². The predicted octanol–water partition coefficient (Wildman–Crippen LogP) is -7.37. The van der Waals surface area contributed by atoms with E-state index in [-0.39, 0.29) is 37.7 Å². The van der Waals surface area contributed by atoms with Crippen LogP contribution >= 0.6 is 0 Å². The van der Waals surface area contributed by atoms with Crippen LogP contribution in [0.4, 0.5) is 0 Å². The Morgan fingerprint density at radius 2 is 0.412 bits per heavy atom. The maximum atomic E-state index is 8.74. The maximum absolute atomic E-state index is 8.74. The molecule has 0 amide bonds. The van der Waals surface area contributed by atoms with E-state index in [2.05, 4.69) is 0 Å². The van der Waals surface area contributed by atoms with E-state index in [1.165, 1.54) is 0 Å². The summed E-state index contributed by atoms with van der Waals surface area (Å²) in [5, 5.41) is 0. The molecule has 0 aliphatic heterocycles. The van der Waals surface area contributed by atoms with E-state index >= 15 is 0 Å². The van der Waals surface area contributed by atoms with Crippen molar-refractivity contribution in [3.63, 3.8) is 0 Å². The van der Waals surface area contributed by atoms with Crippen LogP contribution in [0.3, 0.4) is 0 Å². The molecule has 100 valence electrons. The van der Waals surface area contributed by atoms with Gasteiger partial charge in [0.25, 0.3) is 0 Å². The molecule has 0 heterocycles. The van der Waals surface area contributed by atoms with Gasteiger partial charge in [0.15, 0.2) is 0 Å². The van der Waals surface area contributed by atoms with Crippen molar-refractivity contribution in [1.82, 2.24) is 0 Å². The first-order chi connectivity index (χ1) is 6.93. The van der Waals surface area contributed by atoms with Crippen LogP contribution in [0.15, 0.2) is 0 Å². The van der Waals surface area contributed by atoms with Crippen molar-refractivity contribution < 1.29 is 56.2 Å². The van der Waals surface area contributed by atoms with Gasteiger partial charge in [-0.2, -0.15) is 0 Å². The Bertz CT molecular complexity index is 159. The molecule has 0 atom stereocenters. The second-order valence-electron chi connectivity index (χ2n) is 1.13. The Kier molecular flexibility index (Phi) is 43.9. The standard InChI is InChI=1S/Ca.4H2O3Si.2H/c;4*1-4(2)3;;/h;4*1-2H;;. The van der Waals surface area contributed by atoms with Gasteiger partial charge in [-0.25, -0.2) is 0 Å². The van der Waals surface area contributed by atoms with Gasteiger partial charge in [-0.3, -0.25) is 17.8 Å². The summed E-state index contributed by atoms with van der Waals surface area (Å²) in [6, 6.07) is 0. The Morgan fingerprint density at radius 1 is 0.412 bits per heavy atom. The number of rotatable bonds is 0. The zero-order chi connectivity index (χ0) is 14.3. The fourth-order valence-corrected chi connectivity index (χ4v) is 0. The molecule has 17 heavy (non-hydrogen) atoms. The third-order valence-corrected chi connectivity index (χ3v) is 0. The molecule has 0 aliphatic rings. The van der Waals surface area contributed by atoms with E-state index in [4.69, 9.17) is 56.2 Å². The quantitative estimate of drug-likeness (QED) is 0.190. The van der Waals surface area contributed by atoms with Crippen LogP contribution in [0.25, 0.3) is 0 Å². The van der Waals surface area contributed by atoms with Gasteiger partial charge in [0.05, 0.1) is 0 Å². The van der Waals surface area contributed by atoms with Crippen molar-refractivity contribution in [3.8, 4) is 0 Å². The van der Waals surface area contributed by atoms with Crippen LogP contribution in [-0.4, -0.2) is 113 Å². The first-order valence-electron chi connectivity index (χ1n) is 2.61. The first-order valence-corrected chi connectivity index (χ1v) is 7.82. The van der Waals surface area contributed by atoms with E-state index in [0.29, 0.717) is 0 Å². The molecule has 17 heteroatoms. The Morgan fingerprint density at radius 3 is 0.412 bits per heavy atom. The average molecular weight is 354 g/mol. The molecule has 12 nitrogen and oxygen atoms in total. The van der Waals surface area contributed by atoms with Crippen molar-refractivity contribution in [2.24, 2.45) is 0 Å². The van der Waals surface area contributed by atoms with E-state index in [1.807, 2.05) is 0 Å². The fraction of sp³-hybridized carbons (Fsp3) is 0. The molecule has 0 fully saturated rings. The summed E-state index contributed by atoms with van der Waals surface area (Å²) < 4.78 is 35.0. The van der Waals surface area contributed by atoms with Gasteiger partial charge in [-0.05, 0) is 0 Å². The van der Waals surface area contributed by atoms with Gasteiger partial charge in [-0.1, -0.05) is 0 Å². The average Bonchev–Trinajstić information content (AvgIpc) is 1.76. The normalized spacial score (nSPS) is 5.65. The number of hydrogen-bond acceptors (Lipinski definition) is 4. The van der Waals surface area contributed by atoms with Gasteiger partial charge in [-0.15, -0.1) is 0 Å². The summed E-state index contributed by atoms with van der Waals surface area (Å²) in [6.45, 7) is 0. The van der Waals surface area contributed by atoms with Crippen molar-refractivity contribution in [3.05, 3.63) is 0 Å². The van der Waals surface area contributed by atoms with E-state index in [0.717, 1.165) is 0 Å². The van der Waals surface area contributed by atoms with Gasteiger partial charge >= 0.3 is 74.4 Å². The third-order valence-electron chi connectivity index (χ3n) is 0. The molecule has 0 spiro atoms. The van der Waals surface area contributed by atoms with E-state index < -0.39 is 36.7 Å². The molecule has 0 aliphatic carbocycles. The molecule has 0 rings (SSSR count). The molecule has 0 unspecified atom stereocenters. The summed E-state index contributed by atoms with van der Waals surface area (Å²) in [4.78, 5) is 57.3. The fourth-order valence-electron chi connectivity index (χ4n) is 0. The summed E-state index contributed by atoms with van der Waals surface area (Å²) in [6.07, 6.45) is 0. The minimum absolute atomic E-state index is 0. The SMILES string of the molecule is O=[Si](O)O.O=[Si](O)O.O=[Si](O)O.O=[Si](O)O.[CaH2]. The van der Waals surface area contributed by atoms with Crippen LogP contribution in [-0.2, 0) is 17.8 Å². The molecule has 0 aromatic rings. The molecule has 0 aromatic carbocycles. The second kappa shape index (κ2) is 24.8. The summed E-state index contributed by atoms with van der Waals surface area (Å²) in [5.74, 6) is 0. The van der Waals surface area contributed by atoms with Crippen LogP contribution in [0.5, 0.6) is 0 Å². The van der Waals surface area contributed by atoms with E-state index in [1.54, 1.807) is 0 Å². The third kappa shape index (κ3) is 39800. The second-order valence-corrected chi connectivity index (χ2v) is 3.39. The predicted molar refractivity (Wildman–Crippen MR) is 52.1 cm³/mol. The van der Waals surface area contributed by atoms with Crippen LogP contribution in [0, 0.1) is 0 Å². The summed E-state index contributed by atoms with van der Waals surface area (Å²) in [5.41, 5.74) is 0. The van der Waals surface area contributed by atoms with Gasteiger partial charge in [0.1, 0.15) is 0 Å². The molecular weight excluding hydrogens is 344 g/mol. The molecule has 0 radical (unpaired) electrons. The van der Waals surface area contributed by atoms with E-state index in [9.17, 15) is 0 Å². The Hall–Kier alpha value is -0.273. The topological polar surface area (TPSA) is 230 Å². The van der Waals surface area contributed by atoms with Crippen molar-refractivity contribution in [2.75, 3.05) is 0 Å². The van der Waals surface area contributed by atoms with Crippen molar-refractivity contribution >= 4 is 74.4 Å². The van der Waals surface area contributed by atoms with Crippen LogP contribution in [0.1, 0.15) is 0 Å². The molecule has 0 saturated carbocycles. The summed E-state index contributed by atoms with van der Waals surface area (Å²) >= 11 is 0. The van der Waals surface area contributed by atoms with Gasteiger partial charge < -0.3 is 38.4 Å². The minimum atomic E-state index is -3.13. The van der Waals surface area contributed by atoms with Gasteiger partial charge in [0, 0.05) is 0 Å². The number of hydrogen-bond donors (Lipinski definition) is 8. The van der Waals surface area contributed by atoms with Crippen molar-refractivity contribution in [1.29, 1.82) is 0 Å². The van der Waals surface area contributed by atoms with Crippen molar-refractivity contribution in [2.45, 2.75) is 0 Å². The molecule has 0 aromatic heterocycles. The molecule has 8 N–H and O–H groups in total. The zero-order valence-corrected chi connectivity index (χ0v) is 11.2. The monoisotopic (exact) mass is 354 g/mol. The van der Waals surface area contributed by atoms with Crippen LogP contribution < -0.4 is 0 Å². The Labute approximate surface area is 130 Å². The first kappa shape index (κ1) is 30.1. The molecule has 0 saturated heterocycles.